The van der Waals surface area contributed by atoms with E-state index < -0.39 is 0 Å². The van der Waals surface area contributed by atoms with Gasteiger partial charge < -0.3 is 9.88 Å². The summed E-state index contributed by atoms with van der Waals surface area (Å²) in [5, 5.41) is 3.61. The van der Waals surface area contributed by atoms with Gasteiger partial charge in [0, 0.05) is 34.8 Å². The highest BCUT2D eigenvalue weighted by Gasteiger charge is 2.28. The molecule has 0 fully saturated rings. The van der Waals surface area contributed by atoms with Gasteiger partial charge in [0.1, 0.15) is 5.82 Å². The van der Waals surface area contributed by atoms with Crippen LogP contribution in [0.2, 0.25) is 0 Å². The number of nitrogens with one attached hydrogen (secondary N) is 1. The first-order chi connectivity index (χ1) is 21.7. The summed E-state index contributed by atoms with van der Waals surface area (Å²) in [6.45, 7) is 25.3. The van der Waals surface area contributed by atoms with Crippen molar-refractivity contribution in [2.24, 2.45) is 11.8 Å². The van der Waals surface area contributed by atoms with Gasteiger partial charge in [0.05, 0.1) is 5.69 Å². The highest BCUT2D eigenvalue weighted by molar-refractivity contribution is 5.95. The zero-order chi connectivity index (χ0) is 32.9. The lowest BCUT2D eigenvalue weighted by molar-refractivity contribution is 0.371. The van der Waals surface area contributed by atoms with Crippen molar-refractivity contribution in [2.45, 2.75) is 93.0 Å². The molecule has 0 amide bonds. The predicted octanol–water partition coefficient (Wildman–Crippen LogP) is 13.0. The third-order valence-electron chi connectivity index (χ3n) is 8.29. The maximum Gasteiger partial charge on any atom is 0.123 e. The Kier molecular flexibility index (Phi) is 13.9. The molecule has 0 saturated carbocycles. The largest absolute Gasteiger partial charge is 0.355 e. The second kappa shape index (κ2) is 17.6. The van der Waals surface area contributed by atoms with Crippen molar-refractivity contribution >= 4 is 11.4 Å². The molecule has 1 N–H and O–H groups in total. The molecular formula is C42H55FN2. The molecule has 4 rings (SSSR count). The number of hydrogen-bond acceptors (Lipinski definition) is 1. The van der Waals surface area contributed by atoms with Crippen LogP contribution in [0.1, 0.15) is 97.7 Å². The average Bonchev–Trinajstić information content (AvgIpc) is 3.38. The monoisotopic (exact) mass is 606 g/mol. The molecule has 0 aliphatic carbocycles. The topological polar surface area (TPSA) is 17.0 Å². The number of hydrogen-bond donors (Lipinski definition) is 1. The zero-order valence-corrected chi connectivity index (χ0v) is 28.8. The molecule has 2 unspecified atom stereocenters. The number of anilines is 1. The van der Waals surface area contributed by atoms with Gasteiger partial charge in [-0.1, -0.05) is 122 Å². The highest BCUT2D eigenvalue weighted by atomic mass is 19.1. The molecule has 0 saturated heterocycles. The summed E-state index contributed by atoms with van der Waals surface area (Å²) in [5.74, 6) is 1.19. The molecule has 4 aromatic rings. The van der Waals surface area contributed by atoms with Crippen LogP contribution in [-0.2, 0) is 6.54 Å². The van der Waals surface area contributed by atoms with Crippen molar-refractivity contribution in [3.63, 3.8) is 0 Å². The lowest BCUT2D eigenvalue weighted by Crippen LogP contribution is -2.12. The quantitative estimate of drug-likeness (QED) is 0.133. The summed E-state index contributed by atoms with van der Waals surface area (Å²) in [5.41, 5.74) is 10.0. The second-order valence-electron chi connectivity index (χ2n) is 12.6. The molecule has 1 heterocycles. The first kappa shape index (κ1) is 35.6. The molecule has 3 heteroatoms. The van der Waals surface area contributed by atoms with Crippen molar-refractivity contribution in [3.8, 4) is 22.4 Å². The standard InChI is InChI=1S/C40H49FN2.C2H6/c1-8-15-29(4)26-31(6)27-30(5)24-25-43-39(28(2)3)37(32(7)42-36-18-13-10-14-19-36)38(33-16-11-9-12-17-33)40(43)34-20-22-35(41)23-21-34;1-2/h9-14,16-23,28,30-31,42H,4,7-8,15,24-27H2,1-3,5-6H3;1-2H3. The van der Waals surface area contributed by atoms with E-state index in [4.69, 9.17) is 0 Å². The SMILES string of the molecule is C=C(CCC)CC(C)CC(C)CCn1c(-c2ccc(F)cc2)c(-c2ccccc2)c(C(=C)Nc2ccccc2)c1C(C)C.CC. The highest BCUT2D eigenvalue weighted by Crippen LogP contribution is 2.45. The van der Waals surface area contributed by atoms with E-state index in [1.54, 1.807) is 12.1 Å². The first-order valence-electron chi connectivity index (χ1n) is 16.9. The molecular weight excluding hydrogens is 551 g/mol. The normalized spacial score (nSPS) is 12.3. The van der Waals surface area contributed by atoms with E-state index in [1.165, 1.54) is 17.7 Å². The molecule has 1 aromatic heterocycles. The summed E-state index contributed by atoms with van der Waals surface area (Å²) in [4.78, 5) is 0. The van der Waals surface area contributed by atoms with Gasteiger partial charge in [-0.2, -0.15) is 0 Å². The van der Waals surface area contributed by atoms with E-state index in [-0.39, 0.29) is 11.7 Å². The van der Waals surface area contributed by atoms with Gasteiger partial charge in [-0.3, -0.25) is 0 Å². The Hall–Kier alpha value is -3.85. The molecule has 2 atom stereocenters. The Morgan fingerprint density at radius 3 is 1.98 bits per heavy atom. The van der Waals surface area contributed by atoms with Gasteiger partial charge in [0.15, 0.2) is 0 Å². The molecule has 3 aromatic carbocycles. The van der Waals surface area contributed by atoms with Gasteiger partial charge in [0.25, 0.3) is 0 Å². The smallest absolute Gasteiger partial charge is 0.123 e. The summed E-state index contributed by atoms with van der Waals surface area (Å²) in [6, 6.07) is 27.8. The minimum Gasteiger partial charge on any atom is -0.355 e. The summed E-state index contributed by atoms with van der Waals surface area (Å²) >= 11 is 0. The number of allylic oxidation sites excluding steroid dienone is 1. The minimum atomic E-state index is -0.227. The molecule has 45 heavy (non-hydrogen) atoms. The van der Waals surface area contributed by atoms with E-state index in [2.05, 4.69) is 100 Å². The summed E-state index contributed by atoms with van der Waals surface area (Å²) in [7, 11) is 0. The molecule has 2 nitrogen and oxygen atoms in total. The van der Waals surface area contributed by atoms with Crippen LogP contribution in [0.4, 0.5) is 10.1 Å². The summed E-state index contributed by atoms with van der Waals surface area (Å²) in [6.07, 6.45) is 5.61. The average molecular weight is 607 g/mol. The predicted molar refractivity (Wildman–Crippen MR) is 196 cm³/mol. The molecule has 0 bridgehead atoms. The van der Waals surface area contributed by atoms with E-state index in [9.17, 15) is 4.39 Å². The fourth-order valence-electron chi connectivity index (χ4n) is 6.51. The van der Waals surface area contributed by atoms with Gasteiger partial charge >= 0.3 is 0 Å². The third kappa shape index (κ3) is 9.57. The summed E-state index contributed by atoms with van der Waals surface area (Å²) < 4.78 is 16.7. The van der Waals surface area contributed by atoms with Gasteiger partial charge in [0.2, 0.25) is 0 Å². The van der Waals surface area contributed by atoms with Crippen LogP contribution in [0, 0.1) is 17.7 Å². The second-order valence-corrected chi connectivity index (χ2v) is 12.6. The van der Waals surface area contributed by atoms with Crippen molar-refractivity contribution in [1.29, 1.82) is 0 Å². The van der Waals surface area contributed by atoms with Crippen molar-refractivity contribution in [2.75, 3.05) is 5.32 Å². The fourth-order valence-corrected chi connectivity index (χ4v) is 6.51. The van der Waals surface area contributed by atoms with Crippen LogP contribution in [0.3, 0.4) is 0 Å². The minimum absolute atomic E-state index is 0.227. The lowest BCUT2D eigenvalue weighted by atomic mass is 9.89. The van der Waals surface area contributed by atoms with Crippen LogP contribution in [0.15, 0.2) is 104 Å². The number of nitrogens with zero attached hydrogens (tertiary/aromatic N) is 1. The van der Waals surface area contributed by atoms with Crippen molar-refractivity contribution in [3.05, 3.63) is 121 Å². The van der Waals surface area contributed by atoms with Crippen LogP contribution in [0.25, 0.3) is 28.1 Å². The number of benzene rings is 3. The Balaban J connectivity index is 0.00000271. The van der Waals surface area contributed by atoms with Gasteiger partial charge in [-0.15, -0.1) is 0 Å². The number of para-hydroxylation sites is 1. The molecule has 0 radical (unpaired) electrons. The zero-order valence-electron chi connectivity index (χ0n) is 28.8. The number of aromatic nitrogens is 1. The van der Waals surface area contributed by atoms with E-state index in [0.717, 1.165) is 71.6 Å². The third-order valence-corrected chi connectivity index (χ3v) is 8.29. The van der Waals surface area contributed by atoms with E-state index >= 15 is 0 Å². The van der Waals surface area contributed by atoms with Gasteiger partial charge in [-0.25, -0.2) is 4.39 Å². The fraction of sp³-hybridized carbons (Fsp3) is 0.381. The Morgan fingerprint density at radius 2 is 1.40 bits per heavy atom. The van der Waals surface area contributed by atoms with Crippen LogP contribution >= 0.6 is 0 Å². The maximum absolute atomic E-state index is 14.2. The Bertz CT molecular complexity index is 1480. The van der Waals surface area contributed by atoms with Crippen molar-refractivity contribution < 1.29 is 4.39 Å². The van der Waals surface area contributed by atoms with Crippen LogP contribution in [-0.4, -0.2) is 4.57 Å². The van der Waals surface area contributed by atoms with Crippen LogP contribution in [0.5, 0.6) is 0 Å². The molecule has 0 spiro atoms. The van der Waals surface area contributed by atoms with Gasteiger partial charge in [-0.05, 0) is 91.0 Å². The maximum atomic E-state index is 14.2. The number of halogens is 1. The number of rotatable bonds is 15. The van der Waals surface area contributed by atoms with E-state index in [0.29, 0.717) is 11.8 Å². The first-order valence-corrected chi connectivity index (χ1v) is 16.9. The van der Waals surface area contributed by atoms with E-state index in [1.807, 2.05) is 44.2 Å². The molecule has 0 aliphatic rings. The Labute approximate surface area is 273 Å². The Morgan fingerprint density at radius 1 is 0.800 bits per heavy atom. The molecule has 0 aliphatic heterocycles. The van der Waals surface area contributed by atoms with Crippen LogP contribution < -0.4 is 5.32 Å². The van der Waals surface area contributed by atoms with Crippen molar-refractivity contribution in [1.82, 2.24) is 4.57 Å². The lowest BCUT2D eigenvalue weighted by Gasteiger charge is -2.22. The molecule has 240 valence electrons.